The lowest BCUT2D eigenvalue weighted by atomic mass is 10.1. The van der Waals surface area contributed by atoms with Gasteiger partial charge in [-0.05, 0) is 48.6 Å². The lowest BCUT2D eigenvalue weighted by molar-refractivity contribution is -0.135. The van der Waals surface area contributed by atoms with Gasteiger partial charge < -0.3 is 14.8 Å². The van der Waals surface area contributed by atoms with Crippen LogP contribution in [0.25, 0.3) is 10.9 Å². The number of aromatic nitrogens is 1. The second-order valence-corrected chi connectivity index (χ2v) is 7.70. The van der Waals surface area contributed by atoms with Gasteiger partial charge in [0.05, 0.1) is 12.5 Å². The monoisotopic (exact) mass is 375 g/mol. The van der Waals surface area contributed by atoms with Crippen LogP contribution in [0.4, 0.5) is 5.69 Å². The van der Waals surface area contributed by atoms with Gasteiger partial charge in [-0.3, -0.25) is 9.59 Å². The van der Waals surface area contributed by atoms with E-state index in [0.29, 0.717) is 13.1 Å². The van der Waals surface area contributed by atoms with Crippen LogP contribution in [0.5, 0.6) is 0 Å². The quantitative estimate of drug-likeness (QED) is 0.754. The van der Waals surface area contributed by atoms with Crippen molar-refractivity contribution in [1.29, 1.82) is 0 Å². The van der Waals surface area contributed by atoms with Gasteiger partial charge in [0.2, 0.25) is 11.8 Å². The Morgan fingerprint density at radius 1 is 1.18 bits per heavy atom. The van der Waals surface area contributed by atoms with Crippen LogP contribution in [0, 0.1) is 19.8 Å². The Balaban J connectivity index is 1.47. The molecule has 1 aromatic heterocycles. The minimum Gasteiger partial charge on any atom is -0.357 e. The van der Waals surface area contributed by atoms with Crippen molar-refractivity contribution in [3.05, 3.63) is 65.4 Å². The highest BCUT2D eigenvalue weighted by Crippen LogP contribution is 2.30. The predicted molar refractivity (Wildman–Crippen MR) is 111 cm³/mol. The molecular weight excluding hydrogens is 350 g/mol. The number of benzene rings is 2. The summed E-state index contributed by atoms with van der Waals surface area (Å²) in [4.78, 5) is 32.4. The van der Waals surface area contributed by atoms with Crippen LogP contribution in [-0.2, 0) is 16.1 Å². The number of nitrogens with zero attached hydrogens (tertiary/aromatic N) is 2. The molecule has 2 aromatic carbocycles. The number of anilines is 1. The molecule has 1 fully saturated rings. The fourth-order valence-electron chi connectivity index (χ4n) is 4.00. The van der Waals surface area contributed by atoms with E-state index in [9.17, 15) is 9.59 Å². The molecule has 0 saturated carbocycles. The molecule has 0 spiro atoms. The Morgan fingerprint density at radius 3 is 2.75 bits per heavy atom. The van der Waals surface area contributed by atoms with Crippen LogP contribution < -0.4 is 4.90 Å². The van der Waals surface area contributed by atoms with Crippen molar-refractivity contribution in [2.45, 2.75) is 26.8 Å². The molecule has 2 heterocycles. The third-order valence-electron chi connectivity index (χ3n) is 5.71. The average molecular weight is 375 g/mol. The summed E-state index contributed by atoms with van der Waals surface area (Å²) in [5, 5.41) is 1.13. The molecule has 5 nitrogen and oxygen atoms in total. The molecule has 1 aliphatic heterocycles. The fraction of sp³-hybridized carbons (Fsp3) is 0.304. The number of nitrogens with one attached hydrogen (secondary N) is 1. The van der Waals surface area contributed by atoms with Gasteiger partial charge in [0.25, 0.3) is 0 Å². The third kappa shape index (κ3) is 3.28. The van der Waals surface area contributed by atoms with E-state index in [1.54, 1.807) is 16.8 Å². The second-order valence-electron chi connectivity index (χ2n) is 7.70. The van der Waals surface area contributed by atoms with Crippen LogP contribution in [0.2, 0.25) is 0 Å². The van der Waals surface area contributed by atoms with E-state index in [1.165, 1.54) is 0 Å². The van der Waals surface area contributed by atoms with Crippen LogP contribution in [0.15, 0.2) is 48.5 Å². The van der Waals surface area contributed by atoms with E-state index < -0.39 is 0 Å². The van der Waals surface area contributed by atoms with Gasteiger partial charge in [-0.15, -0.1) is 0 Å². The number of hydrogen-bond acceptors (Lipinski definition) is 2. The highest BCUT2D eigenvalue weighted by Gasteiger charge is 2.37. The van der Waals surface area contributed by atoms with Gasteiger partial charge >= 0.3 is 0 Å². The summed E-state index contributed by atoms with van der Waals surface area (Å²) in [6.07, 6.45) is 0.267. The minimum atomic E-state index is -0.304. The molecule has 1 N–H and O–H groups in total. The van der Waals surface area contributed by atoms with Crippen LogP contribution in [0.3, 0.4) is 0 Å². The van der Waals surface area contributed by atoms with Crippen molar-refractivity contribution in [3.8, 4) is 0 Å². The summed E-state index contributed by atoms with van der Waals surface area (Å²) >= 11 is 0. The number of aromatic amines is 1. The van der Waals surface area contributed by atoms with Gasteiger partial charge in [-0.25, -0.2) is 0 Å². The van der Waals surface area contributed by atoms with Gasteiger partial charge in [-0.1, -0.05) is 30.3 Å². The number of carbonyl (C=O) groups is 2. The maximum Gasteiger partial charge on any atom is 0.228 e. The molecule has 5 heteroatoms. The molecule has 1 aliphatic rings. The molecular formula is C23H25N3O2. The van der Waals surface area contributed by atoms with Crippen LogP contribution >= 0.6 is 0 Å². The number of fused-ring (bicyclic) bond motifs is 1. The smallest absolute Gasteiger partial charge is 0.228 e. The summed E-state index contributed by atoms with van der Waals surface area (Å²) in [6, 6.07) is 16.1. The topological polar surface area (TPSA) is 56.4 Å². The first-order valence-electron chi connectivity index (χ1n) is 9.62. The highest BCUT2D eigenvalue weighted by molar-refractivity contribution is 6.00. The normalized spacial score (nSPS) is 16.8. The van der Waals surface area contributed by atoms with Gasteiger partial charge in [-0.2, -0.15) is 0 Å². The number of carbonyl (C=O) groups excluding carboxylic acids is 2. The van der Waals surface area contributed by atoms with Crippen LogP contribution in [0.1, 0.15) is 23.2 Å². The molecule has 0 aliphatic carbocycles. The summed E-state index contributed by atoms with van der Waals surface area (Å²) in [6.45, 7) is 5.01. The Hall–Kier alpha value is -3.08. The average Bonchev–Trinajstić information content (AvgIpc) is 3.26. The SMILES string of the molecule is Cc1cccc(N2CC(C(=O)N(C)Cc3cc4ccccc4[nH]3)CC2=O)c1C. The number of H-pyrrole nitrogens is 1. The largest absolute Gasteiger partial charge is 0.357 e. The zero-order valence-electron chi connectivity index (χ0n) is 16.5. The van der Waals surface area contributed by atoms with E-state index in [2.05, 4.69) is 17.1 Å². The summed E-state index contributed by atoms with van der Waals surface area (Å²) in [5.41, 5.74) is 5.22. The summed E-state index contributed by atoms with van der Waals surface area (Å²) < 4.78 is 0. The molecule has 0 bridgehead atoms. The lowest BCUT2D eigenvalue weighted by Gasteiger charge is -2.22. The van der Waals surface area contributed by atoms with Crippen molar-refractivity contribution in [2.24, 2.45) is 5.92 Å². The van der Waals surface area contributed by atoms with E-state index in [4.69, 9.17) is 0 Å². The first kappa shape index (κ1) is 18.3. The molecule has 4 rings (SSSR count). The Morgan fingerprint density at radius 2 is 1.96 bits per heavy atom. The summed E-state index contributed by atoms with van der Waals surface area (Å²) in [7, 11) is 1.80. The number of rotatable bonds is 4. The maximum atomic E-state index is 13.0. The van der Waals surface area contributed by atoms with Crippen molar-refractivity contribution in [3.63, 3.8) is 0 Å². The van der Waals surface area contributed by atoms with E-state index >= 15 is 0 Å². The number of amides is 2. The van der Waals surface area contributed by atoms with Crippen molar-refractivity contribution in [1.82, 2.24) is 9.88 Å². The molecule has 2 amide bonds. The van der Waals surface area contributed by atoms with Crippen molar-refractivity contribution < 1.29 is 9.59 Å². The molecule has 28 heavy (non-hydrogen) atoms. The fourth-order valence-corrected chi connectivity index (χ4v) is 4.00. The molecule has 3 aromatic rings. The first-order chi connectivity index (χ1) is 13.4. The van der Waals surface area contributed by atoms with Gasteiger partial charge in [0.15, 0.2) is 0 Å². The number of aryl methyl sites for hydroxylation is 1. The molecule has 1 saturated heterocycles. The number of para-hydroxylation sites is 1. The van der Waals surface area contributed by atoms with E-state index in [0.717, 1.165) is 33.4 Å². The molecule has 1 unspecified atom stereocenters. The maximum absolute atomic E-state index is 13.0. The molecule has 0 radical (unpaired) electrons. The van der Waals surface area contributed by atoms with Gasteiger partial charge in [0.1, 0.15) is 0 Å². The highest BCUT2D eigenvalue weighted by atomic mass is 16.2. The third-order valence-corrected chi connectivity index (χ3v) is 5.71. The predicted octanol–water partition coefficient (Wildman–Crippen LogP) is 3.80. The van der Waals surface area contributed by atoms with E-state index in [-0.39, 0.29) is 24.2 Å². The zero-order chi connectivity index (χ0) is 19.8. The minimum absolute atomic E-state index is 0.0137. The molecule has 1 atom stereocenters. The van der Waals surface area contributed by atoms with Crippen molar-refractivity contribution in [2.75, 3.05) is 18.5 Å². The summed E-state index contributed by atoms with van der Waals surface area (Å²) in [5.74, 6) is -0.271. The Bertz CT molecular complexity index is 1020. The van der Waals surface area contributed by atoms with Gasteiger partial charge in [0, 0.05) is 36.9 Å². The Labute approximate surface area is 165 Å². The second kappa shape index (κ2) is 7.15. The number of hydrogen-bond donors (Lipinski definition) is 1. The standard InChI is InChI=1S/C23H25N3O2/c1-15-7-6-10-21(16(15)2)26-13-18(12-22(26)27)23(28)25(3)14-19-11-17-8-4-5-9-20(17)24-19/h4-11,18,24H,12-14H2,1-3H3. The lowest BCUT2D eigenvalue weighted by Crippen LogP contribution is -2.34. The molecule has 144 valence electrons. The van der Waals surface area contributed by atoms with Crippen LogP contribution in [-0.4, -0.2) is 35.3 Å². The zero-order valence-corrected chi connectivity index (χ0v) is 16.5. The first-order valence-corrected chi connectivity index (χ1v) is 9.62. The van der Waals surface area contributed by atoms with E-state index in [1.807, 2.05) is 50.2 Å². The van der Waals surface area contributed by atoms with Crippen molar-refractivity contribution >= 4 is 28.4 Å². The Kier molecular flexibility index (Phi) is 4.67.